The van der Waals surface area contributed by atoms with Crippen molar-refractivity contribution in [3.8, 4) is 11.3 Å². The fraction of sp³-hybridized carbons (Fsp3) is 0.474. The van der Waals surface area contributed by atoms with Crippen LogP contribution in [0.2, 0.25) is 0 Å². The van der Waals surface area contributed by atoms with Gasteiger partial charge >= 0.3 is 6.18 Å². The molecule has 1 heterocycles. The summed E-state index contributed by atoms with van der Waals surface area (Å²) in [4.78, 5) is 0. The summed E-state index contributed by atoms with van der Waals surface area (Å²) in [6.45, 7) is 0.615. The van der Waals surface area contributed by atoms with E-state index < -0.39 is 11.7 Å². The highest BCUT2D eigenvalue weighted by molar-refractivity contribution is 5.58. The Morgan fingerprint density at radius 2 is 1.75 bits per heavy atom. The van der Waals surface area contributed by atoms with Crippen LogP contribution in [0.15, 0.2) is 40.8 Å². The van der Waals surface area contributed by atoms with Gasteiger partial charge in [-0.05, 0) is 37.1 Å². The summed E-state index contributed by atoms with van der Waals surface area (Å²) in [5.74, 6) is 1.23. The maximum absolute atomic E-state index is 12.8. The number of benzene rings is 1. The summed E-state index contributed by atoms with van der Waals surface area (Å²) < 4.78 is 44.2. The molecule has 24 heavy (non-hydrogen) atoms. The lowest BCUT2D eigenvalue weighted by Gasteiger charge is -2.14. The molecule has 0 bridgehead atoms. The van der Waals surface area contributed by atoms with Crippen LogP contribution in [0, 0.1) is 0 Å². The lowest BCUT2D eigenvalue weighted by molar-refractivity contribution is -0.137. The summed E-state index contributed by atoms with van der Waals surface area (Å²) in [5, 5.41) is 3.50. The maximum Gasteiger partial charge on any atom is 0.416 e. The molecule has 0 saturated heterocycles. The number of nitrogens with one attached hydrogen (secondary N) is 1. The van der Waals surface area contributed by atoms with Crippen LogP contribution in [0.25, 0.3) is 11.3 Å². The van der Waals surface area contributed by atoms with E-state index in [1.165, 1.54) is 44.6 Å². The molecule has 0 atom stereocenters. The van der Waals surface area contributed by atoms with Gasteiger partial charge < -0.3 is 9.73 Å². The van der Waals surface area contributed by atoms with Gasteiger partial charge in [0.05, 0.1) is 12.1 Å². The second-order valence-corrected chi connectivity index (χ2v) is 6.41. The molecule has 2 nitrogen and oxygen atoms in total. The van der Waals surface area contributed by atoms with Crippen molar-refractivity contribution in [2.24, 2.45) is 0 Å². The molecule has 0 spiro atoms. The molecule has 5 heteroatoms. The van der Waals surface area contributed by atoms with Crippen molar-refractivity contribution in [3.05, 3.63) is 47.7 Å². The Kier molecular flexibility index (Phi) is 5.29. The van der Waals surface area contributed by atoms with Crippen molar-refractivity contribution < 1.29 is 17.6 Å². The first-order valence-corrected chi connectivity index (χ1v) is 8.52. The van der Waals surface area contributed by atoms with Crippen LogP contribution in [0.3, 0.4) is 0 Å². The molecule has 1 aromatic carbocycles. The summed E-state index contributed by atoms with van der Waals surface area (Å²) in [6.07, 6.45) is 3.14. The molecule has 1 N–H and O–H groups in total. The second-order valence-electron chi connectivity index (χ2n) is 6.41. The van der Waals surface area contributed by atoms with Crippen molar-refractivity contribution in [1.82, 2.24) is 5.32 Å². The van der Waals surface area contributed by atoms with Gasteiger partial charge in [0, 0.05) is 11.6 Å². The van der Waals surface area contributed by atoms with Crippen molar-refractivity contribution in [1.29, 1.82) is 0 Å². The lowest BCUT2D eigenvalue weighted by Crippen LogP contribution is -2.27. The largest absolute Gasteiger partial charge is 0.460 e. The normalized spacial score (nSPS) is 17.0. The van der Waals surface area contributed by atoms with E-state index >= 15 is 0 Å². The second kappa shape index (κ2) is 7.43. The zero-order valence-corrected chi connectivity index (χ0v) is 13.5. The van der Waals surface area contributed by atoms with Crippen molar-refractivity contribution in [3.63, 3.8) is 0 Å². The highest BCUT2D eigenvalue weighted by atomic mass is 19.4. The molecular weight excluding hydrogens is 315 g/mol. The third kappa shape index (κ3) is 4.41. The Hall–Kier alpha value is -1.75. The van der Waals surface area contributed by atoms with Gasteiger partial charge in [0.25, 0.3) is 0 Å². The number of rotatable bonds is 4. The van der Waals surface area contributed by atoms with Gasteiger partial charge in [0.15, 0.2) is 0 Å². The van der Waals surface area contributed by atoms with Crippen LogP contribution >= 0.6 is 0 Å². The molecule has 1 aliphatic carbocycles. The lowest BCUT2D eigenvalue weighted by atomic mass is 10.1. The van der Waals surface area contributed by atoms with Crippen molar-refractivity contribution in [2.45, 2.75) is 57.3 Å². The first-order chi connectivity index (χ1) is 11.5. The van der Waals surface area contributed by atoms with Crippen LogP contribution in [0.4, 0.5) is 13.2 Å². The van der Waals surface area contributed by atoms with E-state index in [1.807, 2.05) is 6.07 Å². The standard InChI is InChI=1S/C19H22F3NO/c20-19(21,22)15-7-5-6-14(12-15)18-11-10-17(24-18)13-23-16-8-3-1-2-4-9-16/h5-7,10-12,16,23H,1-4,8-9,13H2. The Morgan fingerprint density at radius 3 is 2.46 bits per heavy atom. The molecule has 130 valence electrons. The molecular formula is C19H22F3NO. The average Bonchev–Trinajstić information content (AvgIpc) is 2.88. The molecule has 2 aromatic rings. The first-order valence-electron chi connectivity index (χ1n) is 8.52. The van der Waals surface area contributed by atoms with Crippen molar-refractivity contribution in [2.75, 3.05) is 0 Å². The number of alkyl halides is 3. The summed E-state index contributed by atoms with van der Waals surface area (Å²) in [6, 6.07) is 9.32. The van der Waals surface area contributed by atoms with Gasteiger partial charge in [0.2, 0.25) is 0 Å². The molecule has 1 aliphatic rings. The van der Waals surface area contributed by atoms with Crippen LogP contribution in [-0.4, -0.2) is 6.04 Å². The van der Waals surface area contributed by atoms with Gasteiger partial charge in [-0.15, -0.1) is 0 Å². The highest BCUT2D eigenvalue weighted by Gasteiger charge is 2.30. The molecule has 0 unspecified atom stereocenters. The Morgan fingerprint density at radius 1 is 1.00 bits per heavy atom. The van der Waals surface area contributed by atoms with Crippen LogP contribution in [0.1, 0.15) is 49.8 Å². The SMILES string of the molecule is FC(F)(F)c1cccc(-c2ccc(CNC3CCCCCC3)o2)c1. The first kappa shape index (κ1) is 17.1. The Bertz CT molecular complexity index is 655. The predicted molar refractivity (Wildman–Crippen MR) is 87.5 cm³/mol. The monoisotopic (exact) mass is 337 g/mol. The van der Waals surface area contributed by atoms with Gasteiger partial charge in [-0.2, -0.15) is 13.2 Å². The van der Waals surface area contributed by atoms with E-state index in [0.29, 0.717) is 23.9 Å². The third-order valence-corrected chi connectivity index (χ3v) is 4.56. The molecule has 1 fully saturated rings. The zero-order valence-electron chi connectivity index (χ0n) is 13.5. The highest BCUT2D eigenvalue weighted by Crippen LogP contribution is 2.32. The van der Waals surface area contributed by atoms with E-state index in [2.05, 4.69) is 5.32 Å². The van der Waals surface area contributed by atoms with E-state index in [0.717, 1.165) is 17.9 Å². The molecule has 3 rings (SSSR count). The summed E-state index contributed by atoms with van der Waals surface area (Å²) >= 11 is 0. The minimum Gasteiger partial charge on any atom is -0.460 e. The number of furan rings is 1. The van der Waals surface area contributed by atoms with E-state index in [9.17, 15) is 13.2 Å². The van der Waals surface area contributed by atoms with Crippen LogP contribution in [0.5, 0.6) is 0 Å². The zero-order chi connectivity index (χ0) is 17.0. The molecule has 0 radical (unpaired) electrons. The summed E-state index contributed by atoms with van der Waals surface area (Å²) in [5.41, 5.74) is -0.208. The average molecular weight is 337 g/mol. The maximum atomic E-state index is 12.8. The van der Waals surface area contributed by atoms with Gasteiger partial charge in [-0.1, -0.05) is 37.8 Å². The predicted octanol–water partition coefficient (Wildman–Crippen LogP) is 5.78. The minimum atomic E-state index is -4.34. The number of halogens is 3. The third-order valence-electron chi connectivity index (χ3n) is 4.56. The quantitative estimate of drug-likeness (QED) is 0.716. The molecule has 0 amide bonds. The van der Waals surface area contributed by atoms with Gasteiger partial charge in [-0.25, -0.2) is 0 Å². The fourth-order valence-electron chi connectivity index (χ4n) is 3.21. The Labute approximate surface area is 140 Å². The van der Waals surface area contributed by atoms with E-state index in [-0.39, 0.29) is 0 Å². The fourth-order valence-corrected chi connectivity index (χ4v) is 3.21. The molecule has 0 aliphatic heterocycles. The van der Waals surface area contributed by atoms with E-state index in [4.69, 9.17) is 4.42 Å². The number of hydrogen-bond acceptors (Lipinski definition) is 2. The smallest absolute Gasteiger partial charge is 0.416 e. The van der Waals surface area contributed by atoms with E-state index in [1.54, 1.807) is 12.1 Å². The topological polar surface area (TPSA) is 25.2 Å². The minimum absolute atomic E-state index is 0.450. The van der Waals surface area contributed by atoms with Gasteiger partial charge in [-0.3, -0.25) is 0 Å². The number of hydrogen-bond donors (Lipinski definition) is 1. The van der Waals surface area contributed by atoms with Gasteiger partial charge in [0.1, 0.15) is 11.5 Å². The molecule has 1 saturated carbocycles. The van der Waals surface area contributed by atoms with Crippen molar-refractivity contribution >= 4 is 0 Å². The molecule has 1 aromatic heterocycles. The van der Waals surface area contributed by atoms with Crippen LogP contribution < -0.4 is 5.32 Å². The summed E-state index contributed by atoms with van der Waals surface area (Å²) in [7, 11) is 0. The van der Waals surface area contributed by atoms with Crippen LogP contribution in [-0.2, 0) is 12.7 Å². The Balaban J connectivity index is 1.65.